The second-order valence-electron chi connectivity index (χ2n) is 7.87. The third-order valence-corrected chi connectivity index (χ3v) is 5.26. The molecule has 8 heteroatoms. The van der Waals surface area contributed by atoms with E-state index in [1.165, 1.54) is 0 Å². The van der Waals surface area contributed by atoms with Crippen LogP contribution < -0.4 is 25.0 Å². The van der Waals surface area contributed by atoms with E-state index in [0.717, 1.165) is 61.4 Å². The number of benzene rings is 1. The molecule has 32 heavy (non-hydrogen) atoms. The van der Waals surface area contributed by atoms with Crippen molar-refractivity contribution in [3.63, 3.8) is 0 Å². The standard InChI is InChI=1S/C24H35N5O2.HI/c1-5-25-24(26-17-19(3)31-22-10-7-9-21(16-22)30-4)28-20-12-14-29(15-13-20)23-11-6-8-18(2)27-23;/h6-11,16,19-20H,5,12-15,17H2,1-4H3,(H2,25,26,28);1H. The summed E-state index contributed by atoms with van der Waals surface area (Å²) >= 11 is 0. The van der Waals surface area contributed by atoms with E-state index in [1.807, 2.05) is 44.2 Å². The zero-order valence-corrected chi connectivity index (χ0v) is 21.8. The largest absolute Gasteiger partial charge is 0.497 e. The van der Waals surface area contributed by atoms with Crippen LogP contribution in [0, 0.1) is 6.92 Å². The molecule has 1 aromatic heterocycles. The minimum absolute atomic E-state index is 0. The van der Waals surface area contributed by atoms with Crippen molar-refractivity contribution in [2.24, 2.45) is 4.99 Å². The van der Waals surface area contributed by atoms with Crippen molar-refractivity contribution in [1.29, 1.82) is 0 Å². The number of pyridine rings is 1. The van der Waals surface area contributed by atoms with Crippen LogP contribution in [0.1, 0.15) is 32.4 Å². The number of rotatable bonds is 8. The number of anilines is 1. The number of aliphatic imine (C=N–C) groups is 1. The average Bonchev–Trinajstić information content (AvgIpc) is 2.78. The maximum Gasteiger partial charge on any atom is 0.191 e. The lowest BCUT2D eigenvalue weighted by atomic mass is 10.1. The van der Waals surface area contributed by atoms with Crippen molar-refractivity contribution in [2.45, 2.75) is 45.8 Å². The molecular weight excluding hydrogens is 517 g/mol. The van der Waals surface area contributed by atoms with Crippen LogP contribution in [0.2, 0.25) is 0 Å². The van der Waals surface area contributed by atoms with E-state index in [1.54, 1.807) is 7.11 Å². The van der Waals surface area contributed by atoms with Crippen LogP contribution >= 0.6 is 24.0 Å². The monoisotopic (exact) mass is 553 g/mol. The van der Waals surface area contributed by atoms with Crippen molar-refractivity contribution >= 4 is 35.8 Å². The predicted molar refractivity (Wildman–Crippen MR) is 142 cm³/mol. The van der Waals surface area contributed by atoms with Gasteiger partial charge in [0, 0.05) is 37.4 Å². The molecule has 0 radical (unpaired) electrons. The molecule has 1 saturated heterocycles. The molecule has 0 spiro atoms. The van der Waals surface area contributed by atoms with Gasteiger partial charge in [-0.05, 0) is 57.9 Å². The zero-order valence-electron chi connectivity index (χ0n) is 19.5. The number of hydrogen-bond acceptors (Lipinski definition) is 5. The minimum atomic E-state index is -0.0446. The van der Waals surface area contributed by atoms with Crippen molar-refractivity contribution in [3.8, 4) is 11.5 Å². The first-order valence-electron chi connectivity index (χ1n) is 11.1. The van der Waals surface area contributed by atoms with Gasteiger partial charge >= 0.3 is 0 Å². The highest BCUT2D eigenvalue weighted by Gasteiger charge is 2.21. The van der Waals surface area contributed by atoms with E-state index in [4.69, 9.17) is 14.5 Å². The molecule has 3 rings (SSSR count). The predicted octanol–water partition coefficient (Wildman–Crippen LogP) is 4.01. The van der Waals surface area contributed by atoms with Gasteiger partial charge in [-0.1, -0.05) is 12.1 Å². The quantitative estimate of drug-likeness (QED) is 0.293. The summed E-state index contributed by atoms with van der Waals surface area (Å²) < 4.78 is 11.2. The Labute approximate surface area is 209 Å². The van der Waals surface area contributed by atoms with E-state index < -0.39 is 0 Å². The van der Waals surface area contributed by atoms with Gasteiger partial charge in [-0.25, -0.2) is 9.98 Å². The lowest BCUT2D eigenvalue weighted by molar-refractivity contribution is 0.229. The molecule has 2 heterocycles. The maximum atomic E-state index is 5.99. The summed E-state index contributed by atoms with van der Waals surface area (Å²) in [5, 5.41) is 6.95. The first-order valence-corrected chi connectivity index (χ1v) is 11.1. The Bertz CT molecular complexity index is 856. The number of halogens is 1. The highest BCUT2D eigenvalue weighted by molar-refractivity contribution is 14.0. The van der Waals surface area contributed by atoms with Crippen LogP contribution in [-0.4, -0.2) is 56.4 Å². The van der Waals surface area contributed by atoms with Gasteiger partial charge in [0.05, 0.1) is 13.7 Å². The Morgan fingerprint density at radius 3 is 2.59 bits per heavy atom. The lowest BCUT2D eigenvalue weighted by Crippen LogP contribution is -2.49. The summed E-state index contributed by atoms with van der Waals surface area (Å²) in [6, 6.07) is 14.3. The highest BCUT2D eigenvalue weighted by atomic mass is 127. The first kappa shape index (κ1) is 26.0. The third-order valence-electron chi connectivity index (χ3n) is 5.26. The molecule has 1 unspecified atom stereocenters. The van der Waals surface area contributed by atoms with Gasteiger partial charge in [-0.15, -0.1) is 24.0 Å². The first-order chi connectivity index (χ1) is 15.1. The number of methoxy groups -OCH3 is 1. The second-order valence-corrected chi connectivity index (χ2v) is 7.87. The van der Waals surface area contributed by atoms with Crippen molar-refractivity contribution in [2.75, 3.05) is 38.2 Å². The Hall–Kier alpha value is -2.23. The summed E-state index contributed by atoms with van der Waals surface area (Å²) in [4.78, 5) is 11.8. The molecule has 7 nitrogen and oxygen atoms in total. The fourth-order valence-electron chi connectivity index (χ4n) is 3.63. The van der Waals surface area contributed by atoms with Gasteiger partial charge < -0.3 is 25.0 Å². The number of ether oxygens (including phenoxy) is 2. The Morgan fingerprint density at radius 1 is 1.19 bits per heavy atom. The van der Waals surface area contributed by atoms with E-state index in [9.17, 15) is 0 Å². The van der Waals surface area contributed by atoms with Crippen LogP contribution in [0.25, 0.3) is 0 Å². The van der Waals surface area contributed by atoms with Gasteiger partial charge in [-0.3, -0.25) is 0 Å². The second kappa shape index (κ2) is 13.3. The maximum absolute atomic E-state index is 5.99. The fourth-order valence-corrected chi connectivity index (χ4v) is 3.63. The Kier molecular flexibility index (Phi) is 10.9. The van der Waals surface area contributed by atoms with Gasteiger partial charge in [0.2, 0.25) is 0 Å². The molecule has 1 aromatic carbocycles. The molecular formula is C24H36IN5O2. The SMILES string of the molecule is CCNC(=NCC(C)Oc1cccc(OC)c1)NC1CCN(c2cccc(C)n2)CC1.I. The van der Waals surface area contributed by atoms with Crippen molar-refractivity contribution < 1.29 is 9.47 Å². The van der Waals surface area contributed by atoms with E-state index in [0.29, 0.717) is 12.6 Å². The Balaban J connectivity index is 0.00000363. The number of hydrogen-bond donors (Lipinski definition) is 2. The van der Waals surface area contributed by atoms with Crippen LogP contribution in [-0.2, 0) is 0 Å². The summed E-state index contributed by atoms with van der Waals surface area (Å²) in [5.74, 6) is 3.49. The summed E-state index contributed by atoms with van der Waals surface area (Å²) in [7, 11) is 1.66. The summed E-state index contributed by atoms with van der Waals surface area (Å²) in [6.45, 7) is 9.52. The average molecular weight is 553 g/mol. The third kappa shape index (κ3) is 8.03. The summed E-state index contributed by atoms with van der Waals surface area (Å²) in [5.41, 5.74) is 1.06. The topological polar surface area (TPSA) is 71.0 Å². The Morgan fingerprint density at radius 2 is 1.91 bits per heavy atom. The van der Waals surface area contributed by atoms with Gasteiger partial charge in [0.15, 0.2) is 5.96 Å². The molecule has 2 N–H and O–H groups in total. The fraction of sp³-hybridized carbons (Fsp3) is 0.500. The normalized spacial score (nSPS) is 15.5. The molecule has 1 aliphatic rings. The van der Waals surface area contributed by atoms with Gasteiger partial charge in [0.1, 0.15) is 23.4 Å². The van der Waals surface area contributed by atoms with Crippen LogP contribution in [0.4, 0.5) is 5.82 Å². The van der Waals surface area contributed by atoms with E-state index in [2.05, 4.69) is 39.6 Å². The molecule has 0 bridgehead atoms. The molecule has 0 saturated carbocycles. The number of piperidine rings is 1. The van der Waals surface area contributed by atoms with Crippen molar-refractivity contribution in [1.82, 2.24) is 15.6 Å². The van der Waals surface area contributed by atoms with Crippen molar-refractivity contribution in [3.05, 3.63) is 48.2 Å². The summed E-state index contributed by atoms with van der Waals surface area (Å²) in [6.07, 6.45) is 2.06. The lowest BCUT2D eigenvalue weighted by Gasteiger charge is -2.34. The highest BCUT2D eigenvalue weighted by Crippen LogP contribution is 2.20. The molecule has 1 aliphatic heterocycles. The van der Waals surface area contributed by atoms with E-state index >= 15 is 0 Å². The minimum Gasteiger partial charge on any atom is -0.497 e. The molecule has 1 atom stereocenters. The van der Waals surface area contributed by atoms with Gasteiger partial charge in [-0.2, -0.15) is 0 Å². The smallest absolute Gasteiger partial charge is 0.191 e. The zero-order chi connectivity index (χ0) is 22.1. The molecule has 0 aliphatic carbocycles. The molecule has 0 amide bonds. The number of nitrogens with one attached hydrogen (secondary N) is 2. The van der Waals surface area contributed by atoms with E-state index in [-0.39, 0.29) is 30.1 Å². The number of nitrogens with zero attached hydrogens (tertiary/aromatic N) is 3. The van der Waals surface area contributed by atoms with Crippen LogP contribution in [0.3, 0.4) is 0 Å². The number of aryl methyl sites for hydroxylation is 1. The number of guanidine groups is 1. The molecule has 1 fully saturated rings. The molecule has 176 valence electrons. The number of aromatic nitrogens is 1. The molecule has 2 aromatic rings. The van der Waals surface area contributed by atoms with Crippen LogP contribution in [0.5, 0.6) is 11.5 Å². The van der Waals surface area contributed by atoms with Gasteiger partial charge in [0.25, 0.3) is 0 Å². The van der Waals surface area contributed by atoms with Crippen LogP contribution in [0.15, 0.2) is 47.5 Å².